The second-order valence-electron chi connectivity index (χ2n) is 4.35. The minimum Gasteiger partial charge on any atom is -0.384 e. The molecule has 0 radical (unpaired) electrons. The van der Waals surface area contributed by atoms with Gasteiger partial charge in [-0.3, -0.25) is 16.0 Å². The van der Waals surface area contributed by atoms with Crippen LogP contribution in [0.15, 0.2) is 22.8 Å². The summed E-state index contributed by atoms with van der Waals surface area (Å²) in [5.41, 5.74) is 8.89. The van der Waals surface area contributed by atoms with Gasteiger partial charge in [0.25, 0.3) is 0 Å². The summed E-state index contributed by atoms with van der Waals surface area (Å²) in [6.45, 7) is 0. The minimum atomic E-state index is -0.646. The van der Waals surface area contributed by atoms with Crippen LogP contribution < -0.4 is 17.0 Å². The van der Waals surface area contributed by atoms with Gasteiger partial charge < -0.3 is 5.73 Å². The fourth-order valence-corrected chi connectivity index (χ4v) is 2.32. The van der Waals surface area contributed by atoms with Crippen LogP contribution in [0.5, 0.6) is 0 Å². The van der Waals surface area contributed by atoms with E-state index in [0.29, 0.717) is 11.4 Å². The lowest BCUT2D eigenvalue weighted by Crippen LogP contribution is -2.30. The molecule has 108 valence electrons. The number of nitrogens with one attached hydrogen (secondary N) is 1. The molecule has 0 bridgehead atoms. The van der Waals surface area contributed by atoms with Gasteiger partial charge in [-0.25, -0.2) is 8.78 Å². The Morgan fingerprint density at radius 1 is 1.45 bits per heavy atom. The molecule has 2 rings (SSSR count). The summed E-state index contributed by atoms with van der Waals surface area (Å²) in [7, 11) is 1.67. The minimum absolute atomic E-state index is 0.0174. The molecule has 1 heterocycles. The molecule has 2 aromatic rings. The molecule has 1 unspecified atom stereocenters. The van der Waals surface area contributed by atoms with Gasteiger partial charge in [0, 0.05) is 18.2 Å². The van der Waals surface area contributed by atoms with E-state index in [0.717, 1.165) is 0 Å². The molecule has 0 amide bonds. The quantitative estimate of drug-likeness (QED) is 0.448. The highest BCUT2D eigenvalue weighted by Crippen LogP contribution is 2.28. The number of anilines is 1. The van der Waals surface area contributed by atoms with Gasteiger partial charge in [-0.2, -0.15) is 5.10 Å². The molecule has 20 heavy (non-hydrogen) atoms. The molecule has 0 aliphatic rings. The van der Waals surface area contributed by atoms with Crippen LogP contribution in [0.4, 0.5) is 14.6 Å². The smallest absolute Gasteiger partial charge is 0.143 e. The maximum Gasteiger partial charge on any atom is 0.143 e. The van der Waals surface area contributed by atoms with Crippen molar-refractivity contribution in [3.63, 3.8) is 0 Å². The summed E-state index contributed by atoms with van der Waals surface area (Å²) >= 11 is 3.03. The zero-order valence-corrected chi connectivity index (χ0v) is 12.3. The molecule has 1 atom stereocenters. The van der Waals surface area contributed by atoms with Crippen molar-refractivity contribution in [3.05, 3.63) is 45.6 Å². The van der Waals surface area contributed by atoms with E-state index in [1.807, 2.05) is 0 Å². The molecule has 0 aliphatic heterocycles. The third-order valence-electron chi connectivity index (χ3n) is 3.14. The van der Waals surface area contributed by atoms with Gasteiger partial charge in [0.05, 0.1) is 16.7 Å². The van der Waals surface area contributed by atoms with Crippen LogP contribution in [0.2, 0.25) is 0 Å². The predicted molar refractivity (Wildman–Crippen MR) is 75.4 cm³/mol. The third kappa shape index (κ3) is 2.67. The van der Waals surface area contributed by atoms with Crippen molar-refractivity contribution in [3.8, 4) is 0 Å². The fraction of sp³-hybridized carbons (Fsp3) is 0.250. The number of nitrogens with zero attached hydrogens (tertiary/aromatic N) is 2. The highest BCUT2D eigenvalue weighted by Gasteiger charge is 2.21. The summed E-state index contributed by atoms with van der Waals surface area (Å²) in [6.07, 6.45) is 1.54. The molecule has 1 aromatic heterocycles. The number of hydrazine groups is 1. The topological polar surface area (TPSA) is 81.9 Å². The first-order valence-corrected chi connectivity index (χ1v) is 6.60. The highest BCUT2D eigenvalue weighted by molar-refractivity contribution is 9.10. The van der Waals surface area contributed by atoms with Crippen molar-refractivity contribution in [2.24, 2.45) is 12.9 Å². The zero-order valence-electron chi connectivity index (χ0n) is 10.7. The number of benzene rings is 1. The molecule has 0 aliphatic carbocycles. The maximum atomic E-state index is 14.0. The first-order valence-electron chi connectivity index (χ1n) is 5.81. The number of aryl methyl sites for hydroxylation is 1. The zero-order chi connectivity index (χ0) is 14.9. The molecule has 8 heteroatoms. The third-order valence-corrected chi connectivity index (χ3v) is 3.75. The summed E-state index contributed by atoms with van der Waals surface area (Å²) in [6, 6.07) is 1.97. The van der Waals surface area contributed by atoms with Crippen LogP contribution in [-0.4, -0.2) is 9.78 Å². The van der Waals surface area contributed by atoms with Gasteiger partial charge >= 0.3 is 0 Å². The van der Waals surface area contributed by atoms with E-state index < -0.39 is 17.7 Å². The van der Waals surface area contributed by atoms with Crippen molar-refractivity contribution in [1.82, 2.24) is 15.2 Å². The Morgan fingerprint density at radius 2 is 2.15 bits per heavy atom. The van der Waals surface area contributed by atoms with Crippen LogP contribution in [0.1, 0.15) is 17.2 Å². The fourth-order valence-electron chi connectivity index (χ4n) is 1.95. The van der Waals surface area contributed by atoms with Crippen molar-refractivity contribution in [1.29, 1.82) is 0 Å². The van der Waals surface area contributed by atoms with Crippen molar-refractivity contribution >= 4 is 21.7 Å². The van der Waals surface area contributed by atoms with E-state index in [1.54, 1.807) is 7.05 Å². The molecular weight excluding hydrogens is 332 g/mol. The molecule has 0 saturated carbocycles. The average Bonchev–Trinajstić information content (AvgIpc) is 2.75. The average molecular weight is 346 g/mol. The highest BCUT2D eigenvalue weighted by atomic mass is 79.9. The van der Waals surface area contributed by atoms with E-state index in [-0.39, 0.29) is 16.5 Å². The van der Waals surface area contributed by atoms with E-state index in [4.69, 9.17) is 11.6 Å². The number of hydrogen-bond acceptors (Lipinski definition) is 4. The largest absolute Gasteiger partial charge is 0.384 e. The standard InChI is InChI=1S/C12H14BrF2N5/c1-20-12(16)7(5-18-20)10(19-17)4-6-9(14)3-2-8(13)11(6)15/h2-3,5,10,19H,4,16-17H2,1H3. The lowest BCUT2D eigenvalue weighted by Gasteiger charge is -2.16. The molecular formula is C12H14BrF2N5. The first-order chi connectivity index (χ1) is 9.45. The number of rotatable bonds is 4. The van der Waals surface area contributed by atoms with Crippen molar-refractivity contribution in [2.75, 3.05) is 5.73 Å². The van der Waals surface area contributed by atoms with Crippen molar-refractivity contribution < 1.29 is 8.78 Å². The van der Waals surface area contributed by atoms with Crippen LogP contribution in [0, 0.1) is 11.6 Å². The van der Waals surface area contributed by atoms with E-state index in [2.05, 4.69) is 26.5 Å². The number of hydrogen-bond donors (Lipinski definition) is 3. The number of halogens is 3. The predicted octanol–water partition coefficient (Wildman–Crippen LogP) is 1.79. The van der Waals surface area contributed by atoms with E-state index in [1.165, 1.54) is 23.0 Å². The normalized spacial score (nSPS) is 12.7. The lowest BCUT2D eigenvalue weighted by atomic mass is 10.0. The molecule has 5 nitrogen and oxygen atoms in total. The Labute approximate surface area is 123 Å². The van der Waals surface area contributed by atoms with Crippen LogP contribution >= 0.6 is 15.9 Å². The van der Waals surface area contributed by atoms with Gasteiger partial charge in [0.1, 0.15) is 17.5 Å². The maximum absolute atomic E-state index is 14.0. The van der Waals surface area contributed by atoms with E-state index in [9.17, 15) is 8.78 Å². The molecule has 1 aromatic carbocycles. The summed E-state index contributed by atoms with van der Waals surface area (Å²) in [4.78, 5) is 0. The Balaban J connectivity index is 2.37. The second kappa shape index (κ2) is 5.86. The van der Waals surface area contributed by atoms with Gasteiger partial charge in [0.15, 0.2) is 0 Å². The summed E-state index contributed by atoms with van der Waals surface area (Å²) in [5, 5.41) is 3.99. The first kappa shape index (κ1) is 14.9. The number of aromatic nitrogens is 2. The number of nitrogen functional groups attached to an aromatic ring is 1. The second-order valence-corrected chi connectivity index (χ2v) is 5.21. The van der Waals surface area contributed by atoms with Crippen LogP contribution in [0.3, 0.4) is 0 Å². The molecule has 0 fully saturated rings. The number of nitrogens with two attached hydrogens (primary N) is 2. The van der Waals surface area contributed by atoms with Gasteiger partial charge in [-0.15, -0.1) is 0 Å². The van der Waals surface area contributed by atoms with Crippen LogP contribution in [0.25, 0.3) is 0 Å². The Bertz CT molecular complexity index is 629. The van der Waals surface area contributed by atoms with Gasteiger partial charge in [-0.05, 0) is 34.5 Å². The SMILES string of the molecule is Cn1ncc(C(Cc2c(F)ccc(Br)c2F)NN)c1N. The summed E-state index contributed by atoms with van der Waals surface area (Å²) in [5.74, 6) is 4.59. The van der Waals surface area contributed by atoms with Crippen molar-refractivity contribution in [2.45, 2.75) is 12.5 Å². The van der Waals surface area contributed by atoms with Crippen LogP contribution in [-0.2, 0) is 13.5 Å². The Morgan fingerprint density at radius 3 is 2.70 bits per heavy atom. The Hall–Kier alpha value is -1.51. The molecule has 5 N–H and O–H groups in total. The monoisotopic (exact) mass is 345 g/mol. The van der Waals surface area contributed by atoms with Gasteiger partial charge in [0.2, 0.25) is 0 Å². The Kier molecular flexibility index (Phi) is 4.36. The van der Waals surface area contributed by atoms with Gasteiger partial charge in [-0.1, -0.05) is 0 Å². The molecule has 0 spiro atoms. The lowest BCUT2D eigenvalue weighted by molar-refractivity contribution is 0.498. The van der Waals surface area contributed by atoms with E-state index >= 15 is 0 Å². The summed E-state index contributed by atoms with van der Waals surface area (Å²) < 4.78 is 29.4. The molecule has 0 saturated heterocycles.